The van der Waals surface area contributed by atoms with Crippen molar-refractivity contribution in [2.45, 2.75) is 58.7 Å². The Labute approximate surface area is 112 Å². The van der Waals surface area contributed by atoms with Gasteiger partial charge in [-0.15, -0.1) is 0 Å². The van der Waals surface area contributed by atoms with Crippen molar-refractivity contribution in [3.05, 3.63) is 0 Å². The molecule has 0 spiro atoms. The van der Waals surface area contributed by atoms with E-state index >= 15 is 0 Å². The minimum atomic E-state index is 0.661. The zero-order valence-electron chi connectivity index (χ0n) is 12.5. The molecule has 0 aromatic rings. The maximum absolute atomic E-state index is 5.59. The van der Waals surface area contributed by atoms with Gasteiger partial charge in [0.25, 0.3) is 0 Å². The first-order valence-electron chi connectivity index (χ1n) is 7.64. The van der Waals surface area contributed by atoms with Gasteiger partial charge in [0.15, 0.2) is 0 Å². The number of hydrogen-bond acceptors (Lipinski definition) is 3. The number of piperazine rings is 1. The van der Waals surface area contributed by atoms with Crippen molar-refractivity contribution in [3.8, 4) is 0 Å². The van der Waals surface area contributed by atoms with Gasteiger partial charge < -0.3 is 10.1 Å². The SMILES string of the molecule is CC(C)CC1CN(C2CCOC2)C(C(C)C)CN1. The van der Waals surface area contributed by atoms with Crippen molar-refractivity contribution in [1.29, 1.82) is 0 Å². The Morgan fingerprint density at radius 1 is 1.28 bits per heavy atom. The molecule has 3 nitrogen and oxygen atoms in total. The Bertz CT molecular complexity index is 249. The summed E-state index contributed by atoms with van der Waals surface area (Å²) in [6.45, 7) is 13.6. The summed E-state index contributed by atoms with van der Waals surface area (Å²) in [5, 5.41) is 3.75. The molecule has 18 heavy (non-hydrogen) atoms. The van der Waals surface area contributed by atoms with Crippen LogP contribution in [0.1, 0.15) is 40.5 Å². The van der Waals surface area contributed by atoms with E-state index in [1.54, 1.807) is 0 Å². The predicted molar refractivity (Wildman–Crippen MR) is 75.8 cm³/mol. The number of rotatable bonds is 4. The maximum Gasteiger partial charge on any atom is 0.0622 e. The molecule has 1 N–H and O–H groups in total. The summed E-state index contributed by atoms with van der Waals surface area (Å²) >= 11 is 0. The molecule has 3 heteroatoms. The van der Waals surface area contributed by atoms with Crippen LogP contribution in [0.2, 0.25) is 0 Å². The van der Waals surface area contributed by atoms with Gasteiger partial charge in [-0.2, -0.15) is 0 Å². The Balaban J connectivity index is 1.98. The third-order valence-corrected chi connectivity index (χ3v) is 4.37. The largest absolute Gasteiger partial charge is 0.380 e. The normalized spacial score (nSPS) is 34.7. The zero-order chi connectivity index (χ0) is 13.1. The van der Waals surface area contributed by atoms with Crippen LogP contribution in [0.15, 0.2) is 0 Å². The fourth-order valence-electron chi connectivity index (χ4n) is 3.41. The highest BCUT2D eigenvalue weighted by Gasteiger charge is 2.35. The molecular weight excluding hydrogens is 224 g/mol. The van der Waals surface area contributed by atoms with Crippen molar-refractivity contribution in [2.75, 3.05) is 26.3 Å². The van der Waals surface area contributed by atoms with Gasteiger partial charge in [-0.05, 0) is 24.7 Å². The standard InChI is InChI=1S/C15H30N2O/c1-11(2)7-13-9-17(14-5-6-18-10-14)15(8-16-13)12(3)4/h11-16H,5-10H2,1-4H3. The van der Waals surface area contributed by atoms with Gasteiger partial charge in [-0.1, -0.05) is 27.7 Å². The average Bonchev–Trinajstić information content (AvgIpc) is 2.80. The van der Waals surface area contributed by atoms with Gasteiger partial charge in [0.2, 0.25) is 0 Å². The van der Waals surface area contributed by atoms with E-state index in [4.69, 9.17) is 4.74 Å². The van der Waals surface area contributed by atoms with Crippen LogP contribution in [0.5, 0.6) is 0 Å². The van der Waals surface area contributed by atoms with Crippen LogP contribution in [0.4, 0.5) is 0 Å². The topological polar surface area (TPSA) is 24.5 Å². The summed E-state index contributed by atoms with van der Waals surface area (Å²) in [5.74, 6) is 1.50. The van der Waals surface area contributed by atoms with Gasteiger partial charge in [0.1, 0.15) is 0 Å². The van der Waals surface area contributed by atoms with Crippen molar-refractivity contribution in [3.63, 3.8) is 0 Å². The molecule has 0 saturated carbocycles. The molecular formula is C15H30N2O. The van der Waals surface area contributed by atoms with Gasteiger partial charge in [0.05, 0.1) is 6.61 Å². The lowest BCUT2D eigenvalue weighted by Crippen LogP contribution is -2.61. The summed E-state index contributed by atoms with van der Waals surface area (Å²) < 4.78 is 5.59. The minimum absolute atomic E-state index is 0.661. The van der Waals surface area contributed by atoms with Crippen LogP contribution in [0, 0.1) is 11.8 Å². The molecule has 2 fully saturated rings. The molecule has 2 heterocycles. The van der Waals surface area contributed by atoms with E-state index in [9.17, 15) is 0 Å². The molecule has 2 aliphatic heterocycles. The highest BCUT2D eigenvalue weighted by atomic mass is 16.5. The first-order valence-corrected chi connectivity index (χ1v) is 7.64. The molecule has 2 rings (SSSR count). The van der Waals surface area contributed by atoms with Crippen molar-refractivity contribution in [2.24, 2.45) is 11.8 Å². The van der Waals surface area contributed by atoms with E-state index in [1.165, 1.54) is 19.4 Å². The third kappa shape index (κ3) is 3.46. The number of nitrogens with one attached hydrogen (secondary N) is 1. The lowest BCUT2D eigenvalue weighted by atomic mass is 9.93. The fourth-order valence-corrected chi connectivity index (χ4v) is 3.41. The van der Waals surface area contributed by atoms with Gasteiger partial charge in [-0.3, -0.25) is 4.90 Å². The number of nitrogens with zero attached hydrogens (tertiary/aromatic N) is 1. The Morgan fingerprint density at radius 3 is 2.61 bits per heavy atom. The van der Waals surface area contributed by atoms with E-state index in [1.807, 2.05) is 0 Å². The van der Waals surface area contributed by atoms with Gasteiger partial charge in [-0.25, -0.2) is 0 Å². The molecule has 2 aliphatic rings. The molecule has 0 aromatic heterocycles. The number of hydrogen-bond donors (Lipinski definition) is 1. The van der Waals surface area contributed by atoms with E-state index < -0.39 is 0 Å². The summed E-state index contributed by atoms with van der Waals surface area (Å²) in [6, 6.07) is 2.01. The molecule has 3 atom stereocenters. The molecule has 3 unspecified atom stereocenters. The summed E-state index contributed by atoms with van der Waals surface area (Å²) in [5.41, 5.74) is 0. The second-order valence-corrected chi connectivity index (χ2v) is 6.76. The van der Waals surface area contributed by atoms with E-state index in [2.05, 4.69) is 37.9 Å². The van der Waals surface area contributed by atoms with Crippen LogP contribution >= 0.6 is 0 Å². The van der Waals surface area contributed by atoms with Crippen molar-refractivity contribution >= 4 is 0 Å². The highest BCUT2D eigenvalue weighted by Crippen LogP contribution is 2.24. The van der Waals surface area contributed by atoms with E-state index in [-0.39, 0.29) is 0 Å². The third-order valence-electron chi connectivity index (χ3n) is 4.37. The zero-order valence-corrected chi connectivity index (χ0v) is 12.5. The first-order chi connectivity index (χ1) is 8.58. The quantitative estimate of drug-likeness (QED) is 0.832. The van der Waals surface area contributed by atoms with Crippen molar-refractivity contribution < 1.29 is 4.74 Å². The van der Waals surface area contributed by atoms with Crippen LogP contribution < -0.4 is 5.32 Å². The second-order valence-electron chi connectivity index (χ2n) is 6.76. The van der Waals surface area contributed by atoms with Crippen molar-refractivity contribution in [1.82, 2.24) is 10.2 Å². The fraction of sp³-hybridized carbons (Fsp3) is 1.00. The Kier molecular flexibility index (Phi) is 5.05. The van der Waals surface area contributed by atoms with E-state index in [0.717, 1.165) is 31.6 Å². The van der Waals surface area contributed by atoms with E-state index in [0.29, 0.717) is 18.1 Å². The van der Waals surface area contributed by atoms with Crippen LogP contribution in [0.25, 0.3) is 0 Å². The van der Waals surface area contributed by atoms with Crippen LogP contribution in [0.3, 0.4) is 0 Å². The van der Waals surface area contributed by atoms with Gasteiger partial charge >= 0.3 is 0 Å². The molecule has 0 bridgehead atoms. The summed E-state index contributed by atoms with van der Waals surface area (Å²) in [7, 11) is 0. The minimum Gasteiger partial charge on any atom is -0.380 e. The highest BCUT2D eigenvalue weighted by molar-refractivity contribution is 4.92. The Morgan fingerprint density at radius 2 is 2.06 bits per heavy atom. The lowest BCUT2D eigenvalue weighted by Gasteiger charge is -2.45. The Hall–Kier alpha value is -0.120. The molecule has 106 valence electrons. The summed E-state index contributed by atoms with van der Waals surface area (Å²) in [4.78, 5) is 2.74. The molecule has 0 aromatic carbocycles. The first kappa shape index (κ1) is 14.3. The molecule has 0 amide bonds. The maximum atomic E-state index is 5.59. The second kappa shape index (κ2) is 6.36. The summed E-state index contributed by atoms with van der Waals surface area (Å²) in [6.07, 6.45) is 2.51. The molecule has 0 aliphatic carbocycles. The van der Waals surface area contributed by atoms with Crippen LogP contribution in [-0.4, -0.2) is 49.3 Å². The number of ether oxygens (including phenoxy) is 1. The predicted octanol–water partition coefficient (Wildman–Crippen LogP) is 2.12. The monoisotopic (exact) mass is 254 g/mol. The smallest absolute Gasteiger partial charge is 0.0622 e. The van der Waals surface area contributed by atoms with Crippen LogP contribution in [-0.2, 0) is 4.74 Å². The molecule has 0 radical (unpaired) electrons. The van der Waals surface area contributed by atoms with Gasteiger partial charge in [0, 0.05) is 37.8 Å². The lowest BCUT2D eigenvalue weighted by molar-refractivity contribution is 0.0442. The average molecular weight is 254 g/mol. The molecule has 2 saturated heterocycles.